The zero-order valence-corrected chi connectivity index (χ0v) is 10.9. The van der Waals surface area contributed by atoms with Gasteiger partial charge >= 0.3 is 0 Å². The molecule has 2 nitrogen and oxygen atoms in total. The van der Waals surface area contributed by atoms with Crippen molar-refractivity contribution in [3.05, 3.63) is 29.3 Å². The molecule has 0 heterocycles. The number of hydrogen-bond donors (Lipinski definition) is 1. The monoisotopic (exact) mass is 233 g/mol. The van der Waals surface area contributed by atoms with Crippen molar-refractivity contribution < 1.29 is 5.11 Å². The molecule has 2 heteroatoms. The Morgan fingerprint density at radius 2 is 2.00 bits per heavy atom. The highest BCUT2D eigenvalue weighted by Gasteiger charge is 2.20. The van der Waals surface area contributed by atoms with Gasteiger partial charge < -0.3 is 10.0 Å². The van der Waals surface area contributed by atoms with Crippen molar-refractivity contribution in [3.8, 4) is 5.75 Å². The first-order valence-electron chi connectivity index (χ1n) is 6.76. The second-order valence-electron chi connectivity index (χ2n) is 5.05. The van der Waals surface area contributed by atoms with Crippen molar-refractivity contribution >= 4 is 0 Å². The smallest absolute Gasteiger partial charge is 0.115 e. The van der Waals surface area contributed by atoms with E-state index >= 15 is 0 Å². The summed E-state index contributed by atoms with van der Waals surface area (Å²) in [7, 11) is 0. The van der Waals surface area contributed by atoms with Crippen molar-refractivity contribution in [2.45, 2.75) is 33.1 Å². The highest BCUT2D eigenvalue weighted by atomic mass is 16.3. The molecule has 0 amide bonds. The second kappa shape index (κ2) is 5.54. The maximum Gasteiger partial charge on any atom is 0.115 e. The minimum absolute atomic E-state index is 0.409. The summed E-state index contributed by atoms with van der Waals surface area (Å²) in [5, 5.41) is 9.54. The summed E-state index contributed by atoms with van der Waals surface area (Å²) in [6, 6.07) is 5.84. The standard InChI is InChI=1S/C15H23NO/c1-3-16(4-2)11-12-5-6-13-7-8-15(17)10-14(13)9-12/h7-8,10,12,17H,3-6,9,11H2,1-2H3. The Morgan fingerprint density at radius 1 is 1.24 bits per heavy atom. The molecule has 0 bridgehead atoms. The molecular weight excluding hydrogens is 210 g/mol. The van der Waals surface area contributed by atoms with Gasteiger partial charge in [0, 0.05) is 6.54 Å². The van der Waals surface area contributed by atoms with E-state index in [-0.39, 0.29) is 0 Å². The molecule has 0 spiro atoms. The molecule has 0 saturated carbocycles. The van der Waals surface area contributed by atoms with Gasteiger partial charge in [-0.05, 0) is 61.5 Å². The summed E-state index contributed by atoms with van der Waals surface area (Å²) in [6.45, 7) is 7.93. The molecule has 0 radical (unpaired) electrons. The van der Waals surface area contributed by atoms with Crippen LogP contribution in [0.1, 0.15) is 31.4 Å². The van der Waals surface area contributed by atoms with Crippen molar-refractivity contribution in [1.82, 2.24) is 4.90 Å². The zero-order valence-electron chi connectivity index (χ0n) is 10.9. The number of aromatic hydroxyl groups is 1. The highest BCUT2D eigenvalue weighted by molar-refractivity contribution is 5.36. The van der Waals surface area contributed by atoms with Gasteiger partial charge in [-0.25, -0.2) is 0 Å². The van der Waals surface area contributed by atoms with Crippen LogP contribution in [0.15, 0.2) is 18.2 Å². The Labute approximate surface area is 104 Å². The Balaban J connectivity index is 2.02. The molecular formula is C15H23NO. The van der Waals surface area contributed by atoms with Gasteiger partial charge in [0.1, 0.15) is 5.75 Å². The van der Waals surface area contributed by atoms with Gasteiger partial charge in [0.2, 0.25) is 0 Å². The lowest BCUT2D eigenvalue weighted by atomic mass is 9.83. The number of rotatable bonds is 4. The summed E-state index contributed by atoms with van der Waals surface area (Å²) in [5.41, 5.74) is 2.78. The molecule has 1 N–H and O–H groups in total. The van der Waals surface area contributed by atoms with Crippen LogP contribution in [0.3, 0.4) is 0 Å². The van der Waals surface area contributed by atoms with Crippen molar-refractivity contribution in [2.75, 3.05) is 19.6 Å². The van der Waals surface area contributed by atoms with Crippen LogP contribution < -0.4 is 0 Å². The van der Waals surface area contributed by atoms with E-state index in [4.69, 9.17) is 0 Å². The largest absolute Gasteiger partial charge is 0.508 e. The van der Waals surface area contributed by atoms with E-state index in [2.05, 4.69) is 24.8 Å². The van der Waals surface area contributed by atoms with E-state index in [0.29, 0.717) is 5.75 Å². The summed E-state index contributed by atoms with van der Waals surface area (Å²) in [5.74, 6) is 1.16. The van der Waals surface area contributed by atoms with Gasteiger partial charge in [0.25, 0.3) is 0 Å². The number of phenolic OH excluding ortho intramolecular Hbond substituents is 1. The van der Waals surface area contributed by atoms with Gasteiger partial charge in [0.05, 0.1) is 0 Å². The minimum Gasteiger partial charge on any atom is -0.508 e. The number of nitrogens with zero attached hydrogens (tertiary/aromatic N) is 1. The highest BCUT2D eigenvalue weighted by Crippen LogP contribution is 2.28. The fraction of sp³-hybridized carbons (Fsp3) is 0.600. The molecule has 2 rings (SSSR count). The summed E-state index contributed by atoms with van der Waals surface area (Å²) in [6.07, 6.45) is 3.58. The van der Waals surface area contributed by atoms with Gasteiger partial charge in [-0.1, -0.05) is 19.9 Å². The van der Waals surface area contributed by atoms with Crippen LogP contribution in [0.2, 0.25) is 0 Å². The minimum atomic E-state index is 0.409. The summed E-state index contributed by atoms with van der Waals surface area (Å²) >= 11 is 0. The first-order chi connectivity index (χ1) is 8.22. The lowest BCUT2D eigenvalue weighted by Gasteiger charge is -2.29. The first-order valence-corrected chi connectivity index (χ1v) is 6.76. The number of phenols is 1. The first kappa shape index (κ1) is 12.4. The third-order valence-electron chi connectivity index (χ3n) is 3.93. The molecule has 0 aliphatic heterocycles. The van der Waals surface area contributed by atoms with Crippen molar-refractivity contribution in [3.63, 3.8) is 0 Å². The molecule has 1 unspecified atom stereocenters. The van der Waals surface area contributed by atoms with E-state index in [0.717, 1.165) is 25.4 Å². The summed E-state index contributed by atoms with van der Waals surface area (Å²) < 4.78 is 0. The number of hydrogen-bond acceptors (Lipinski definition) is 2. The van der Waals surface area contributed by atoms with Crippen molar-refractivity contribution in [2.24, 2.45) is 5.92 Å². The Bertz CT molecular complexity index is 371. The molecule has 17 heavy (non-hydrogen) atoms. The van der Waals surface area contributed by atoms with Gasteiger partial charge in [-0.3, -0.25) is 0 Å². The third-order valence-corrected chi connectivity index (χ3v) is 3.93. The van der Waals surface area contributed by atoms with Crippen LogP contribution in [-0.4, -0.2) is 29.6 Å². The average Bonchev–Trinajstić information content (AvgIpc) is 2.35. The molecule has 1 aliphatic carbocycles. The van der Waals surface area contributed by atoms with Gasteiger partial charge in [0.15, 0.2) is 0 Å². The molecule has 0 aromatic heterocycles. The van der Waals surface area contributed by atoms with E-state index in [1.54, 1.807) is 0 Å². The molecule has 1 aliphatic rings. The van der Waals surface area contributed by atoms with Crippen LogP contribution >= 0.6 is 0 Å². The second-order valence-corrected chi connectivity index (χ2v) is 5.05. The maximum atomic E-state index is 9.54. The fourth-order valence-corrected chi connectivity index (χ4v) is 2.82. The van der Waals surface area contributed by atoms with Gasteiger partial charge in [-0.2, -0.15) is 0 Å². The third kappa shape index (κ3) is 3.01. The zero-order chi connectivity index (χ0) is 12.3. The number of benzene rings is 1. The predicted molar refractivity (Wildman–Crippen MR) is 71.4 cm³/mol. The van der Waals surface area contributed by atoms with E-state index in [1.807, 2.05) is 12.1 Å². The van der Waals surface area contributed by atoms with E-state index in [9.17, 15) is 5.11 Å². The lowest BCUT2D eigenvalue weighted by molar-refractivity contribution is 0.239. The number of aryl methyl sites for hydroxylation is 1. The van der Waals surface area contributed by atoms with E-state index in [1.165, 1.54) is 30.5 Å². The van der Waals surface area contributed by atoms with E-state index < -0.39 is 0 Å². The van der Waals surface area contributed by atoms with Crippen molar-refractivity contribution in [1.29, 1.82) is 0 Å². The van der Waals surface area contributed by atoms with Crippen LogP contribution in [0, 0.1) is 5.92 Å². The molecule has 1 aromatic rings. The number of fused-ring (bicyclic) bond motifs is 1. The van der Waals surface area contributed by atoms with Gasteiger partial charge in [-0.15, -0.1) is 0 Å². The fourth-order valence-electron chi connectivity index (χ4n) is 2.82. The Morgan fingerprint density at radius 3 is 2.71 bits per heavy atom. The van der Waals surface area contributed by atoms with Crippen LogP contribution in [0.5, 0.6) is 5.75 Å². The SMILES string of the molecule is CCN(CC)CC1CCc2ccc(O)cc2C1. The Hall–Kier alpha value is -1.02. The average molecular weight is 233 g/mol. The summed E-state index contributed by atoms with van der Waals surface area (Å²) in [4.78, 5) is 2.50. The lowest BCUT2D eigenvalue weighted by Crippen LogP contribution is -2.32. The topological polar surface area (TPSA) is 23.5 Å². The molecule has 94 valence electrons. The van der Waals surface area contributed by atoms with Crippen LogP contribution in [0.25, 0.3) is 0 Å². The normalized spacial score (nSPS) is 19.4. The maximum absolute atomic E-state index is 9.54. The predicted octanol–water partition coefficient (Wildman–Crippen LogP) is 2.84. The van der Waals surface area contributed by atoms with Crippen LogP contribution in [0.4, 0.5) is 0 Å². The molecule has 0 saturated heterocycles. The van der Waals surface area contributed by atoms with Crippen LogP contribution in [-0.2, 0) is 12.8 Å². The molecule has 1 atom stereocenters. The Kier molecular flexibility index (Phi) is 4.06. The molecule has 1 aromatic carbocycles. The quantitative estimate of drug-likeness (QED) is 0.864. The molecule has 0 fully saturated rings.